The number of nitrogens with two attached hydrogens (primary N) is 2. The normalized spacial score (nSPS) is 11.0. The SMILES string of the molecule is Nc1cccc(-c2c3ccccc3c(-c3cccc(N)c3Oc3ccccc3)c3ccccc23)c1Oc1ccccc1. The van der Waals surface area contributed by atoms with E-state index in [0.29, 0.717) is 22.9 Å². The Morgan fingerprint density at radius 3 is 1.02 bits per heavy atom. The third kappa shape index (κ3) is 4.45. The molecule has 4 heteroatoms. The van der Waals surface area contributed by atoms with Gasteiger partial charge in [-0.2, -0.15) is 0 Å². The second-order valence-electron chi connectivity index (χ2n) is 10.1. The molecule has 0 spiro atoms. The molecular formula is C38H28N2O2. The fraction of sp³-hybridized carbons (Fsp3) is 0. The molecule has 0 aliphatic rings. The predicted molar refractivity (Wildman–Crippen MR) is 174 cm³/mol. The number of para-hydroxylation sites is 4. The Hall–Kier alpha value is -5.74. The molecule has 0 amide bonds. The van der Waals surface area contributed by atoms with Crippen LogP contribution in [0, 0.1) is 0 Å². The van der Waals surface area contributed by atoms with Crippen LogP contribution in [0.2, 0.25) is 0 Å². The topological polar surface area (TPSA) is 70.5 Å². The quantitative estimate of drug-likeness (QED) is 0.161. The number of fused-ring (bicyclic) bond motifs is 2. The van der Waals surface area contributed by atoms with Gasteiger partial charge in [0.15, 0.2) is 11.5 Å². The molecule has 0 saturated heterocycles. The molecule has 4 N–H and O–H groups in total. The lowest BCUT2D eigenvalue weighted by atomic mass is 9.85. The second-order valence-corrected chi connectivity index (χ2v) is 10.1. The van der Waals surface area contributed by atoms with Gasteiger partial charge in [-0.25, -0.2) is 0 Å². The number of hydrogen-bond acceptors (Lipinski definition) is 4. The van der Waals surface area contributed by atoms with Crippen LogP contribution in [0.1, 0.15) is 0 Å². The van der Waals surface area contributed by atoms with E-state index >= 15 is 0 Å². The summed E-state index contributed by atoms with van der Waals surface area (Å²) in [6, 6.07) is 48.2. The number of ether oxygens (including phenoxy) is 2. The van der Waals surface area contributed by atoms with Crippen LogP contribution in [-0.4, -0.2) is 0 Å². The van der Waals surface area contributed by atoms with Crippen molar-refractivity contribution in [3.8, 4) is 45.3 Å². The average Bonchev–Trinajstić information content (AvgIpc) is 3.03. The molecule has 7 aromatic rings. The molecule has 42 heavy (non-hydrogen) atoms. The maximum atomic E-state index is 6.57. The zero-order chi connectivity index (χ0) is 28.5. The van der Waals surface area contributed by atoms with Gasteiger partial charge in [0.2, 0.25) is 0 Å². The van der Waals surface area contributed by atoms with Gasteiger partial charge < -0.3 is 20.9 Å². The molecule has 0 bridgehead atoms. The van der Waals surface area contributed by atoms with Gasteiger partial charge in [0.25, 0.3) is 0 Å². The molecule has 0 unspecified atom stereocenters. The highest BCUT2D eigenvalue weighted by Gasteiger charge is 2.22. The van der Waals surface area contributed by atoms with E-state index in [9.17, 15) is 0 Å². The van der Waals surface area contributed by atoms with E-state index in [0.717, 1.165) is 55.3 Å². The van der Waals surface area contributed by atoms with E-state index in [4.69, 9.17) is 20.9 Å². The highest BCUT2D eigenvalue weighted by atomic mass is 16.5. The zero-order valence-electron chi connectivity index (χ0n) is 22.8. The number of benzene rings is 7. The maximum absolute atomic E-state index is 6.57. The maximum Gasteiger partial charge on any atom is 0.158 e. The van der Waals surface area contributed by atoms with Crippen molar-refractivity contribution in [3.05, 3.63) is 146 Å². The van der Waals surface area contributed by atoms with E-state index in [2.05, 4.69) is 60.7 Å². The minimum absolute atomic E-state index is 0.572. The van der Waals surface area contributed by atoms with Crippen molar-refractivity contribution in [1.82, 2.24) is 0 Å². The van der Waals surface area contributed by atoms with E-state index in [1.807, 2.05) is 84.9 Å². The lowest BCUT2D eigenvalue weighted by Gasteiger charge is -2.21. The fourth-order valence-corrected chi connectivity index (χ4v) is 5.65. The van der Waals surface area contributed by atoms with Gasteiger partial charge in [-0.15, -0.1) is 0 Å². The van der Waals surface area contributed by atoms with Crippen LogP contribution in [0.25, 0.3) is 43.8 Å². The Labute approximate surface area is 244 Å². The number of rotatable bonds is 6. The van der Waals surface area contributed by atoms with Crippen LogP contribution in [-0.2, 0) is 0 Å². The largest absolute Gasteiger partial charge is 0.455 e. The smallest absolute Gasteiger partial charge is 0.158 e. The first-order valence-corrected chi connectivity index (χ1v) is 13.9. The first-order chi connectivity index (χ1) is 20.7. The molecule has 0 aromatic heterocycles. The molecule has 7 aromatic carbocycles. The average molecular weight is 545 g/mol. The van der Waals surface area contributed by atoms with Gasteiger partial charge in [0.1, 0.15) is 11.5 Å². The van der Waals surface area contributed by atoms with E-state index in [1.54, 1.807) is 0 Å². The van der Waals surface area contributed by atoms with E-state index in [1.165, 1.54) is 0 Å². The van der Waals surface area contributed by atoms with Crippen molar-refractivity contribution >= 4 is 32.9 Å². The van der Waals surface area contributed by atoms with Crippen LogP contribution in [0.15, 0.2) is 146 Å². The van der Waals surface area contributed by atoms with Crippen LogP contribution < -0.4 is 20.9 Å². The lowest BCUT2D eigenvalue weighted by molar-refractivity contribution is 0.486. The summed E-state index contributed by atoms with van der Waals surface area (Å²) in [7, 11) is 0. The van der Waals surface area contributed by atoms with Crippen LogP contribution >= 0.6 is 0 Å². The number of nitrogen functional groups attached to an aromatic ring is 2. The van der Waals surface area contributed by atoms with Crippen molar-refractivity contribution in [2.75, 3.05) is 11.5 Å². The summed E-state index contributed by atoms with van der Waals surface area (Å²) >= 11 is 0. The standard InChI is InChI=1S/C38H28N2O2/c39-33-23-11-21-31(37(33)41-25-13-3-1-4-14-25)35-27-17-7-9-19-29(27)36(30-20-10-8-18-28(30)35)32-22-12-24-34(40)38(32)42-26-15-5-2-6-16-26/h1-24H,39-40H2. The van der Waals surface area contributed by atoms with Crippen LogP contribution in [0.3, 0.4) is 0 Å². The molecule has 0 atom stereocenters. The van der Waals surface area contributed by atoms with E-state index in [-0.39, 0.29) is 0 Å². The molecule has 0 aliphatic carbocycles. The number of anilines is 2. The third-order valence-electron chi connectivity index (χ3n) is 7.49. The highest BCUT2D eigenvalue weighted by Crippen LogP contribution is 2.50. The van der Waals surface area contributed by atoms with Crippen molar-refractivity contribution in [2.24, 2.45) is 0 Å². The molecular weight excluding hydrogens is 516 g/mol. The van der Waals surface area contributed by atoms with Gasteiger partial charge in [-0.05, 0) is 57.9 Å². The van der Waals surface area contributed by atoms with Crippen molar-refractivity contribution in [1.29, 1.82) is 0 Å². The molecule has 4 nitrogen and oxygen atoms in total. The summed E-state index contributed by atoms with van der Waals surface area (Å²) in [5.41, 5.74) is 18.2. The number of hydrogen-bond donors (Lipinski definition) is 2. The minimum atomic E-state index is 0.572. The summed E-state index contributed by atoms with van der Waals surface area (Å²) in [6.07, 6.45) is 0. The monoisotopic (exact) mass is 544 g/mol. The molecule has 7 rings (SSSR count). The zero-order valence-corrected chi connectivity index (χ0v) is 22.8. The fourth-order valence-electron chi connectivity index (χ4n) is 5.65. The summed E-state index contributed by atoms with van der Waals surface area (Å²) in [5, 5.41) is 4.29. The molecule has 0 heterocycles. The third-order valence-corrected chi connectivity index (χ3v) is 7.49. The van der Waals surface area contributed by atoms with Gasteiger partial charge in [0, 0.05) is 22.3 Å². The first kappa shape index (κ1) is 25.2. The van der Waals surface area contributed by atoms with Gasteiger partial charge in [-0.1, -0.05) is 109 Å². The van der Waals surface area contributed by atoms with Gasteiger partial charge in [0.05, 0.1) is 11.4 Å². The molecule has 0 radical (unpaired) electrons. The Kier molecular flexibility index (Phi) is 6.42. The van der Waals surface area contributed by atoms with Crippen molar-refractivity contribution in [3.63, 3.8) is 0 Å². The molecule has 0 saturated carbocycles. The van der Waals surface area contributed by atoms with Gasteiger partial charge >= 0.3 is 0 Å². The molecule has 0 aliphatic heterocycles. The van der Waals surface area contributed by atoms with Crippen molar-refractivity contribution in [2.45, 2.75) is 0 Å². The summed E-state index contributed by atoms with van der Waals surface area (Å²) in [6.45, 7) is 0. The lowest BCUT2D eigenvalue weighted by Crippen LogP contribution is -1.98. The Morgan fingerprint density at radius 2 is 0.667 bits per heavy atom. The van der Waals surface area contributed by atoms with Gasteiger partial charge in [-0.3, -0.25) is 0 Å². The molecule has 0 fully saturated rings. The van der Waals surface area contributed by atoms with E-state index < -0.39 is 0 Å². The summed E-state index contributed by atoms with van der Waals surface area (Å²) in [5.74, 6) is 2.71. The van der Waals surface area contributed by atoms with Crippen LogP contribution in [0.5, 0.6) is 23.0 Å². The predicted octanol–water partition coefficient (Wildman–Crippen LogP) is 10.1. The Balaban J connectivity index is 1.53. The summed E-state index contributed by atoms with van der Waals surface area (Å²) in [4.78, 5) is 0. The van der Waals surface area contributed by atoms with Crippen molar-refractivity contribution < 1.29 is 9.47 Å². The summed E-state index contributed by atoms with van der Waals surface area (Å²) < 4.78 is 12.9. The molecule has 202 valence electrons. The Bertz CT molecular complexity index is 1850. The highest BCUT2D eigenvalue weighted by molar-refractivity contribution is 6.22. The second kappa shape index (κ2) is 10.7. The first-order valence-electron chi connectivity index (χ1n) is 13.9. The minimum Gasteiger partial charge on any atom is -0.455 e. The van der Waals surface area contributed by atoms with Crippen LogP contribution in [0.4, 0.5) is 11.4 Å². The Morgan fingerprint density at radius 1 is 0.333 bits per heavy atom.